The summed E-state index contributed by atoms with van der Waals surface area (Å²) in [6.07, 6.45) is 0.656. The fraction of sp³-hybridized carbons (Fsp3) is 0.391. The third kappa shape index (κ3) is 4.77. The van der Waals surface area contributed by atoms with Crippen LogP contribution in [-0.4, -0.2) is 55.4 Å². The Balaban J connectivity index is 1.92. The zero-order valence-electron chi connectivity index (χ0n) is 17.6. The fourth-order valence-corrected chi connectivity index (χ4v) is 3.52. The number of benzene rings is 2. The molecular weight excluding hydrogens is 366 g/mol. The summed E-state index contributed by atoms with van der Waals surface area (Å²) in [6, 6.07) is 15.5. The van der Waals surface area contributed by atoms with Crippen LogP contribution >= 0.6 is 0 Å². The molecule has 1 unspecified atom stereocenters. The monoisotopic (exact) mass is 395 g/mol. The molecule has 0 fully saturated rings. The number of hydrazone groups is 1. The molecule has 0 bridgehead atoms. The molecule has 0 radical (unpaired) electrons. The fourth-order valence-electron chi connectivity index (χ4n) is 3.52. The Morgan fingerprint density at radius 2 is 1.76 bits per heavy atom. The first kappa shape index (κ1) is 20.9. The van der Waals surface area contributed by atoms with E-state index in [-0.39, 0.29) is 11.9 Å². The van der Waals surface area contributed by atoms with Gasteiger partial charge in [0.2, 0.25) is 0 Å². The van der Waals surface area contributed by atoms with Crippen molar-refractivity contribution in [2.45, 2.75) is 26.3 Å². The highest BCUT2D eigenvalue weighted by Crippen LogP contribution is 2.34. The van der Waals surface area contributed by atoms with Gasteiger partial charge in [-0.1, -0.05) is 26.0 Å². The zero-order chi connectivity index (χ0) is 20.8. The lowest BCUT2D eigenvalue weighted by atomic mass is 9.98. The second kappa shape index (κ2) is 9.56. The van der Waals surface area contributed by atoms with Crippen LogP contribution in [0.25, 0.3) is 0 Å². The standard InChI is InChI=1S/C23H29N3O3/c1-5-25(6-2)16-23(27)26-22(18-8-7-9-20(14-18)29-4)15-21(24-26)17-10-12-19(28-3)13-11-17/h7-14,22H,5-6,15-16H2,1-4H3. The first-order valence-corrected chi connectivity index (χ1v) is 9.99. The van der Waals surface area contributed by atoms with Gasteiger partial charge in [0.1, 0.15) is 11.5 Å². The van der Waals surface area contributed by atoms with Crippen molar-refractivity contribution in [3.8, 4) is 11.5 Å². The van der Waals surface area contributed by atoms with Gasteiger partial charge in [0, 0.05) is 6.42 Å². The Morgan fingerprint density at radius 3 is 2.38 bits per heavy atom. The van der Waals surface area contributed by atoms with E-state index in [2.05, 4.69) is 18.7 Å². The van der Waals surface area contributed by atoms with Gasteiger partial charge in [0.25, 0.3) is 5.91 Å². The number of nitrogens with zero attached hydrogens (tertiary/aromatic N) is 3. The third-order valence-corrected chi connectivity index (χ3v) is 5.32. The molecule has 0 saturated carbocycles. The molecule has 6 heteroatoms. The van der Waals surface area contributed by atoms with Crippen LogP contribution in [0, 0.1) is 0 Å². The first-order chi connectivity index (χ1) is 14.1. The van der Waals surface area contributed by atoms with Crippen molar-refractivity contribution in [3.63, 3.8) is 0 Å². The van der Waals surface area contributed by atoms with Crippen LogP contribution in [-0.2, 0) is 4.79 Å². The SMILES string of the molecule is CCN(CC)CC(=O)N1N=C(c2ccc(OC)cc2)CC1c1cccc(OC)c1. The molecule has 0 N–H and O–H groups in total. The lowest BCUT2D eigenvalue weighted by molar-refractivity contribution is -0.134. The molecule has 1 aliphatic rings. The summed E-state index contributed by atoms with van der Waals surface area (Å²) in [5, 5.41) is 6.39. The molecule has 0 spiro atoms. The maximum atomic E-state index is 13.1. The largest absolute Gasteiger partial charge is 0.497 e. The molecule has 154 valence electrons. The molecule has 2 aromatic rings. The first-order valence-electron chi connectivity index (χ1n) is 9.99. The van der Waals surface area contributed by atoms with E-state index in [1.54, 1.807) is 19.2 Å². The minimum Gasteiger partial charge on any atom is -0.497 e. The highest BCUT2D eigenvalue weighted by Gasteiger charge is 2.33. The summed E-state index contributed by atoms with van der Waals surface area (Å²) < 4.78 is 10.6. The Labute approximate surface area is 172 Å². The van der Waals surface area contributed by atoms with E-state index in [0.29, 0.717) is 13.0 Å². The number of hydrogen-bond acceptors (Lipinski definition) is 5. The van der Waals surface area contributed by atoms with Gasteiger partial charge in [0.05, 0.1) is 32.5 Å². The van der Waals surface area contributed by atoms with E-state index in [1.165, 1.54) is 0 Å². The number of hydrogen-bond donors (Lipinski definition) is 0. The number of carbonyl (C=O) groups excluding carboxylic acids is 1. The normalized spacial score (nSPS) is 16.1. The molecule has 1 amide bonds. The maximum absolute atomic E-state index is 13.1. The quantitative estimate of drug-likeness (QED) is 0.684. The van der Waals surface area contributed by atoms with Crippen molar-refractivity contribution in [3.05, 3.63) is 59.7 Å². The number of rotatable bonds is 8. The molecule has 3 rings (SSSR count). The van der Waals surface area contributed by atoms with Gasteiger partial charge in [-0.3, -0.25) is 9.69 Å². The number of amides is 1. The lowest BCUT2D eigenvalue weighted by Crippen LogP contribution is -2.38. The summed E-state index contributed by atoms with van der Waals surface area (Å²) in [5.41, 5.74) is 2.91. The molecule has 1 heterocycles. The zero-order valence-corrected chi connectivity index (χ0v) is 17.6. The highest BCUT2D eigenvalue weighted by molar-refractivity contribution is 6.03. The summed E-state index contributed by atoms with van der Waals surface area (Å²) in [6.45, 7) is 6.13. The van der Waals surface area contributed by atoms with Crippen LogP contribution in [0.5, 0.6) is 11.5 Å². The van der Waals surface area contributed by atoms with Gasteiger partial charge < -0.3 is 9.47 Å². The number of ether oxygens (including phenoxy) is 2. The number of carbonyl (C=O) groups is 1. The van der Waals surface area contributed by atoms with Crippen molar-refractivity contribution in [1.29, 1.82) is 0 Å². The van der Waals surface area contributed by atoms with Crippen molar-refractivity contribution >= 4 is 11.6 Å². The topological polar surface area (TPSA) is 54.4 Å². The summed E-state index contributed by atoms with van der Waals surface area (Å²) in [4.78, 5) is 15.2. The molecular formula is C23H29N3O3. The molecule has 6 nitrogen and oxygen atoms in total. The van der Waals surface area contributed by atoms with Gasteiger partial charge in [0.15, 0.2) is 0 Å². The molecule has 2 aromatic carbocycles. The van der Waals surface area contributed by atoms with E-state index in [0.717, 1.165) is 41.4 Å². The van der Waals surface area contributed by atoms with Crippen LogP contribution in [0.3, 0.4) is 0 Å². The van der Waals surface area contributed by atoms with Gasteiger partial charge >= 0.3 is 0 Å². The summed E-state index contributed by atoms with van der Waals surface area (Å²) >= 11 is 0. The predicted octanol–water partition coefficient (Wildman–Crippen LogP) is 3.72. The van der Waals surface area contributed by atoms with Crippen molar-refractivity contribution in [2.24, 2.45) is 5.10 Å². The Bertz CT molecular complexity index is 860. The molecule has 29 heavy (non-hydrogen) atoms. The van der Waals surface area contributed by atoms with Gasteiger partial charge in [-0.15, -0.1) is 0 Å². The summed E-state index contributed by atoms with van der Waals surface area (Å²) in [5.74, 6) is 1.58. The van der Waals surface area contributed by atoms with Crippen LogP contribution in [0.15, 0.2) is 53.6 Å². The van der Waals surface area contributed by atoms with Gasteiger partial charge in [-0.25, -0.2) is 5.01 Å². The average Bonchev–Trinajstić information content (AvgIpc) is 3.23. The van der Waals surface area contributed by atoms with Crippen LogP contribution < -0.4 is 9.47 Å². The van der Waals surface area contributed by atoms with Crippen molar-refractivity contribution in [1.82, 2.24) is 9.91 Å². The smallest absolute Gasteiger partial charge is 0.257 e. The van der Waals surface area contributed by atoms with Crippen LogP contribution in [0.2, 0.25) is 0 Å². The van der Waals surface area contributed by atoms with E-state index >= 15 is 0 Å². The third-order valence-electron chi connectivity index (χ3n) is 5.32. The van der Waals surface area contributed by atoms with Crippen LogP contribution in [0.4, 0.5) is 0 Å². The minimum atomic E-state index is -0.148. The van der Waals surface area contributed by atoms with E-state index in [4.69, 9.17) is 14.6 Å². The molecule has 0 aliphatic carbocycles. The van der Waals surface area contributed by atoms with E-state index < -0.39 is 0 Å². The summed E-state index contributed by atoms with van der Waals surface area (Å²) in [7, 11) is 3.30. The van der Waals surface area contributed by atoms with Gasteiger partial charge in [-0.05, 0) is 60.6 Å². The average molecular weight is 396 g/mol. The van der Waals surface area contributed by atoms with Crippen molar-refractivity contribution < 1.29 is 14.3 Å². The molecule has 1 atom stereocenters. The van der Waals surface area contributed by atoms with E-state index in [9.17, 15) is 4.79 Å². The number of likely N-dealkylation sites (N-methyl/N-ethyl adjacent to an activating group) is 1. The lowest BCUT2D eigenvalue weighted by Gasteiger charge is -2.25. The molecule has 0 aromatic heterocycles. The second-order valence-corrected chi connectivity index (χ2v) is 6.97. The number of methoxy groups -OCH3 is 2. The van der Waals surface area contributed by atoms with E-state index in [1.807, 2.05) is 48.5 Å². The molecule has 0 saturated heterocycles. The maximum Gasteiger partial charge on any atom is 0.257 e. The predicted molar refractivity (Wildman–Crippen MR) is 115 cm³/mol. The van der Waals surface area contributed by atoms with Crippen LogP contribution in [0.1, 0.15) is 37.4 Å². The Hall–Kier alpha value is -2.86. The van der Waals surface area contributed by atoms with Gasteiger partial charge in [-0.2, -0.15) is 5.10 Å². The molecule has 1 aliphatic heterocycles. The minimum absolute atomic E-state index is 0.00466. The highest BCUT2D eigenvalue weighted by atomic mass is 16.5. The second-order valence-electron chi connectivity index (χ2n) is 6.97. The Kier molecular flexibility index (Phi) is 6.88. The Morgan fingerprint density at radius 1 is 1.07 bits per heavy atom. The van der Waals surface area contributed by atoms with Crippen molar-refractivity contribution in [2.75, 3.05) is 33.9 Å².